The maximum atomic E-state index is 12.4. The van der Waals surface area contributed by atoms with Gasteiger partial charge in [0, 0.05) is 11.1 Å². The van der Waals surface area contributed by atoms with Gasteiger partial charge in [0.15, 0.2) is 0 Å². The van der Waals surface area contributed by atoms with Gasteiger partial charge in [-0.15, -0.1) is 0 Å². The van der Waals surface area contributed by atoms with Crippen LogP contribution in [0.5, 0.6) is 0 Å². The van der Waals surface area contributed by atoms with Gasteiger partial charge in [-0.3, -0.25) is 4.79 Å². The van der Waals surface area contributed by atoms with Gasteiger partial charge in [0.1, 0.15) is 5.69 Å². The fraction of sp³-hybridized carbons (Fsp3) is 0.375. The number of aliphatic hydroxyl groups excluding tert-OH is 1. The first-order valence-corrected chi connectivity index (χ1v) is 7.22. The molecule has 0 spiro atoms. The van der Waals surface area contributed by atoms with Gasteiger partial charge in [-0.2, -0.15) is 0 Å². The highest BCUT2D eigenvalue weighted by molar-refractivity contribution is 5.99. The summed E-state index contributed by atoms with van der Waals surface area (Å²) >= 11 is 0. The molecule has 0 bridgehead atoms. The van der Waals surface area contributed by atoms with Crippen LogP contribution in [0.2, 0.25) is 0 Å². The van der Waals surface area contributed by atoms with Crippen molar-refractivity contribution < 1.29 is 9.90 Å². The van der Waals surface area contributed by atoms with Crippen molar-refractivity contribution in [3.05, 3.63) is 36.0 Å². The van der Waals surface area contributed by atoms with E-state index in [0.29, 0.717) is 16.9 Å². The lowest BCUT2D eigenvalue weighted by Gasteiger charge is -2.27. The van der Waals surface area contributed by atoms with Gasteiger partial charge >= 0.3 is 0 Å². The van der Waals surface area contributed by atoms with Gasteiger partial charge in [-0.05, 0) is 25.0 Å². The lowest BCUT2D eigenvalue weighted by atomic mass is 9.98. The van der Waals surface area contributed by atoms with Gasteiger partial charge in [-0.25, -0.2) is 4.98 Å². The summed E-state index contributed by atoms with van der Waals surface area (Å²) in [6.45, 7) is -0.0399. The number of fused-ring (bicyclic) bond motifs is 1. The molecule has 2 aromatic rings. The predicted molar refractivity (Wildman–Crippen MR) is 81.9 cm³/mol. The van der Waals surface area contributed by atoms with E-state index in [2.05, 4.69) is 10.3 Å². The maximum absolute atomic E-state index is 12.4. The monoisotopic (exact) mass is 285 g/mol. The SMILES string of the molecule is Nc1cc(C(=O)NC2(CO)CCCC2)nc2ccccc12. The molecule has 1 aliphatic rings. The smallest absolute Gasteiger partial charge is 0.270 e. The summed E-state index contributed by atoms with van der Waals surface area (Å²) in [5.74, 6) is -0.275. The van der Waals surface area contributed by atoms with Crippen molar-refractivity contribution in [3.63, 3.8) is 0 Å². The highest BCUT2D eigenvalue weighted by atomic mass is 16.3. The largest absolute Gasteiger partial charge is 0.398 e. The predicted octanol–water partition coefficient (Wildman–Crippen LogP) is 1.85. The Balaban J connectivity index is 1.91. The van der Waals surface area contributed by atoms with E-state index < -0.39 is 5.54 Å². The number of nitrogens with two attached hydrogens (primary N) is 1. The highest BCUT2D eigenvalue weighted by Crippen LogP contribution is 2.29. The Morgan fingerprint density at radius 2 is 2.05 bits per heavy atom. The Morgan fingerprint density at radius 1 is 1.33 bits per heavy atom. The molecule has 5 heteroatoms. The molecule has 5 nitrogen and oxygen atoms in total. The summed E-state index contributed by atoms with van der Waals surface area (Å²) in [4.78, 5) is 16.8. The van der Waals surface area contributed by atoms with Crippen LogP contribution in [-0.2, 0) is 0 Å². The van der Waals surface area contributed by atoms with Crippen LogP contribution in [0.25, 0.3) is 10.9 Å². The molecular formula is C16H19N3O2. The number of aromatic nitrogens is 1. The fourth-order valence-corrected chi connectivity index (χ4v) is 3.00. The minimum atomic E-state index is -0.501. The molecule has 0 saturated heterocycles. The molecule has 0 aliphatic heterocycles. The zero-order chi connectivity index (χ0) is 14.9. The van der Waals surface area contributed by atoms with Gasteiger partial charge in [0.05, 0.1) is 17.7 Å². The maximum Gasteiger partial charge on any atom is 0.270 e. The first kappa shape index (κ1) is 13.8. The summed E-state index contributed by atoms with van der Waals surface area (Å²) in [5.41, 5.74) is 7.03. The Bertz CT molecular complexity index is 678. The zero-order valence-electron chi connectivity index (χ0n) is 11.8. The van der Waals surface area contributed by atoms with Crippen LogP contribution in [0.4, 0.5) is 5.69 Å². The second-order valence-corrected chi connectivity index (χ2v) is 5.71. The van der Waals surface area contributed by atoms with Crippen LogP contribution in [-0.4, -0.2) is 28.1 Å². The molecule has 1 fully saturated rings. The van der Waals surface area contributed by atoms with E-state index in [0.717, 1.165) is 31.1 Å². The minimum Gasteiger partial charge on any atom is -0.398 e. The van der Waals surface area contributed by atoms with Crippen LogP contribution in [0.3, 0.4) is 0 Å². The van der Waals surface area contributed by atoms with E-state index in [1.807, 2.05) is 24.3 Å². The molecule has 1 aromatic carbocycles. The van der Waals surface area contributed by atoms with E-state index in [1.165, 1.54) is 0 Å². The number of amides is 1. The van der Waals surface area contributed by atoms with Crippen molar-refractivity contribution >= 4 is 22.5 Å². The van der Waals surface area contributed by atoms with Crippen LogP contribution in [0.1, 0.15) is 36.2 Å². The number of nitrogens with zero attached hydrogens (tertiary/aromatic N) is 1. The highest BCUT2D eigenvalue weighted by Gasteiger charge is 2.35. The Hall–Kier alpha value is -2.14. The number of para-hydroxylation sites is 1. The molecule has 21 heavy (non-hydrogen) atoms. The van der Waals surface area contributed by atoms with Gasteiger partial charge in [0.2, 0.25) is 0 Å². The molecular weight excluding hydrogens is 266 g/mol. The Labute approximate surface area is 123 Å². The molecule has 1 aliphatic carbocycles. The van der Waals surface area contributed by atoms with Crippen LogP contribution < -0.4 is 11.1 Å². The Morgan fingerprint density at radius 3 is 2.76 bits per heavy atom. The van der Waals surface area contributed by atoms with Gasteiger partial charge in [0.25, 0.3) is 5.91 Å². The number of nitrogens with one attached hydrogen (secondary N) is 1. The number of anilines is 1. The number of aliphatic hydroxyl groups is 1. The average Bonchev–Trinajstić information content (AvgIpc) is 2.96. The minimum absolute atomic E-state index is 0.0399. The summed E-state index contributed by atoms with van der Waals surface area (Å²) < 4.78 is 0. The quantitative estimate of drug-likeness (QED) is 0.803. The first-order valence-electron chi connectivity index (χ1n) is 7.22. The molecule has 0 unspecified atom stereocenters. The molecule has 4 N–H and O–H groups in total. The molecule has 110 valence electrons. The van der Waals surface area contributed by atoms with Crippen LogP contribution >= 0.6 is 0 Å². The molecule has 3 rings (SSSR count). The molecule has 0 atom stereocenters. The molecule has 0 radical (unpaired) electrons. The molecule has 1 heterocycles. The summed E-state index contributed by atoms with van der Waals surface area (Å²) in [5, 5.41) is 13.4. The molecule has 1 saturated carbocycles. The second kappa shape index (κ2) is 5.33. The number of hydrogen-bond acceptors (Lipinski definition) is 4. The third-order valence-corrected chi connectivity index (χ3v) is 4.22. The number of pyridine rings is 1. The summed E-state index contributed by atoms with van der Waals surface area (Å²) in [6.07, 6.45) is 3.65. The van der Waals surface area contributed by atoms with Crippen molar-refractivity contribution in [1.29, 1.82) is 0 Å². The zero-order valence-corrected chi connectivity index (χ0v) is 11.8. The summed E-state index contributed by atoms with van der Waals surface area (Å²) in [7, 11) is 0. The van der Waals surface area contributed by atoms with Gasteiger partial charge in [-0.1, -0.05) is 31.0 Å². The molecule has 1 aromatic heterocycles. The number of hydrogen-bond donors (Lipinski definition) is 3. The number of rotatable bonds is 3. The number of carbonyl (C=O) groups excluding carboxylic acids is 1. The van der Waals surface area contributed by atoms with Crippen molar-refractivity contribution in [2.24, 2.45) is 0 Å². The van der Waals surface area contributed by atoms with Crippen LogP contribution in [0.15, 0.2) is 30.3 Å². The third-order valence-electron chi connectivity index (χ3n) is 4.22. The van der Waals surface area contributed by atoms with Crippen molar-refractivity contribution in [2.75, 3.05) is 12.3 Å². The third kappa shape index (κ3) is 2.56. The second-order valence-electron chi connectivity index (χ2n) is 5.71. The average molecular weight is 285 g/mol. The van der Waals surface area contributed by atoms with E-state index in [1.54, 1.807) is 6.07 Å². The lowest BCUT2D eigenvalue weighted by Crippen LogP contribution is -2.49. The number of carbonyl (C=O) groups is 1. The topological polar surface area (TPSA) is 88.2 Å². The van der Waals surface area contributed by atoms with E-state index >= 15 is 0 Å². The van der Waals surface area contributed by atoms with Gasteiger partial charge < -0.3 is 16.2 Å². The van der Waals surface area contributed by atoms with Crippen molar-refractivity contribution in [1.82, 2.24) is 10.3 Å². The van der Waals surface area contributed by atoms with E-state index in [4.69, 9.17) is 5.73 Å². The van der Waals surface area contributed by atoms with Crippen molar-refractivity contribution in [2.45, 2.75) is 31.2 Å². The van der Waals surface area contributed by atoms with Crippen LogP contribution in [0, 0.1) is 0 Å². The summed E-state index contributed by atoms with van der Waals surface area (Å²) in [6, 6.07) is 9.06. The molecule has 1 amide bonds. The number of nitrogen functional groups attached to an aromatic ring is 1. The first-order chi connectivity index (χ1) is 10.1. The van der Waals surface area contributed by atoms with E-state index in [9.17, 15) is 9.90 Å². The van der Waals surface area contributed by atoms with E-state index in [-0.39, 0.29) is 12.5 Å². The normalized spacial score (nSPS) is 17.0. The fourth-order valence-electron chi connectivity index (χ4n) is 3.00. The standard InChI is InChI=1S/C16H19N3O2/c17-12-9-14(18-13-6-2-1-5-11(12)13)15(21)19-16(10-20)7-3-4-8-16/h1-2,5-6,9,20H,3-4,7-8,10H2,(H2,17,18)(H,19,21). The number of benzene rings is 1. The van der Waals surface area contributed by atoms with Crippen molar-refractivity contribution in [3.8, 4) is 0 Å². The Kier molecular flexibility index (Phi) is 3.51. The lowest BCUT2D eigenvalue weighted by molar-refractivity contribution is 0.0834.